The minimum atomic E-state index is -0.918. The van der Waals surface area contributed by atoms with Crippen LogP contribution in [0.25, 0.3) is 5.57 Å². The van der Waals surface area contributed by atoms with Crippen LogP contribution < -0.4 is 5.73 Å². The average molecular weight is 244 g/mol. The number of amides is 1. The molecule has 0 fully saturated rings. The van der Waals surface area contributed by atoms with Gasteiger partial charge in [-0.1, -0.05) is 6.08 Å². The van der Waals surface area contributed by atoms with Crippen LogP contribution in [0, 0.1) is 11.3 Å². The molecular formula is C12H12N4O2. The van der Waals surface area contributed by atoms with Gasteiger partial charge in [0.1, 0.15) is 11.9 Å². The number of carboxylic acid groups (broad SMARTS) is 1. The maximum Gasteiger partial charge on any atom is 0.407 e. The Hall–Kier alpha value is -2.55. The summed E-state index contributed by atoms with van der Waals surface area (Å²) in [5, 5.41) is 17.7. The first kappa shape index (κ1) is 11.9. The van der Waals surface area contributed by atoms with Crippen molar-refractivity contribution in [1.82, 2.24) is 9.88 Å². The summed E-state index contributed by atoms with van der Waals surface area (Å²) in [5.41, 5.74) is 7.72. The molecule has 0 unspecified atom stereocenters. The van der Waals surface area contributed by atoms with Crippen LogP contribution in [0.4, 0.5) is 10.6 Å². The van der Waals surface area contributed by atoms with Crippen molar-refractivity contribution in [3.8, 4) is 6.07 Å². The van der Waals surface area contributed by atoms with E-state index in [0.717, 1.165) is 11.1 Å². The van der Waals surface area contributed by atoms with E-state index in [1.807, 2.05) is 12.1 Å². The van der Waals surface area contributed by atoms with Crippen molar-refractivity contribution in [3.05, 3.63) is 29.5 Å². The van der Waals surface area contributed by atoms with Gasteiger partial charge in [-0.05, 0) is 23.6 Å². The van der Waals surface area contributed by atoms with Crippen LogP contribution in [0.5, 0.6) is 0 Å². The van der Waals surface area contributed by atoms with Crippen LogP contribution in [0.15, 0.2) is 18.3 Å². The summed E-state index contributed by atoms with van der Waals surface area (Å²) in [5.74, 6) is 0.213. The van der Waals surface area contributed by atoms with Crippen LogP contribution in [0.1, 0.15) is 17.5 Å². The van der Waals surface area contributed by atoms with E-state index in [2.05, 4.69) is 4.98 Å². The highest BCUT2D eigenvalue weighted by Gasteiger charge is 2.17. The third kappa shape index (κ3) is 2.25. The first-order valence-electron chi connectivity index (χ1n) is 5.44. The van der Waals surface area contributed by atoms with Gasteiger partial charge in [0.15, 0.2) is 0 Å². The first-order valence-corrected chi connectivity index (χ1v) is 5.44. The summed E-state index contributed by atoms with van der Waals surface area (Å²) in [4.78, 5) is 16.1. The Morgan fingerprint density at radius 2 is 2.39 bits per heavy atom. The number of nitrogens with zero attached hydrogens (tertiary/aromatic N) is 3. The quantitative estimate of drug-likeness (QED) is 0.775. The number of carbonyl (C=O) groups is 1. The van der Waals surface area contributed by atoms with Gasteiger partial charge in [-0.15, -0.1) is 0 Å². The molecule has 2 rings (SSSR count). The number of hydrogen-bond donors (Lipinski definition) is 2. The molecule has 1 aliphatic heterocycles. The molecule has 2 heterocycles. The van der Waals surface area contributed by atoms with Crippen molar-refractivity contribution in [2.45, 2.75) is 6.42 Å². The molecule has 3 N–H and O–H groups in total. The molecule has 6 nitrogen and oxygen atoms in total. The SMILES string of the molecule is N#Cc1cc(C2=CCN(C(=O)O)CC2)cnc1N. The lowest BCUT2D eigenvalue weighted by Gasteiger charge is -2.23. The molecule has 1 aliphatic rings. The molecule has 0 bridgehead atoms. The molecule has 0 saturated heterocycles. The van der Waals surface area contributed by atoms with Crippen molar-refractivity contribution >= 4 is 17.5 Å². The zero-order valence-electron chi connectivity index (χ0n) is 9.63. The Morgan fingerprint density at radius 1 is 1.61 bits per heavy atom. The lowest BCUT2D eigenvalue weighted by atomic mass is 10.00. The van der Waals surface area contributed by atoms with Crippen molar-refractivity contribution in [2.24, 2.45) is 0 Å². The first-order chi connectivity index (χ1) is 8.61. The van der Waals surface area contributed by atoms with E-state index in [1.54, 1.807) is 12.3 Å². The van der Waals surface area contributed by atoms with Gasteiger partial charge in [0.25, 0.3) is 0 Å². The summed E-state index contributed by atoms with van der Waals surface area (Å²) in [6.07, 6.45) is 3.14. The average Bonchev–Trinajstić information content (AvgIpc) is 2.39. The second kappa shape index (κ2) is 4.75. The van der Waals surface area contributed by atoms with Crippen LogP contribution in [-0.2, 0) is 0 Å². The minimum absolute atomic E-state index is 0.213. The fourth-order valence-corrected chi connectivity index (χ4v) is 1.85. The summed E-state index contributed by atoms with van der Waals surface area (Å²) >= 11 is 0. The number of aromatic nitrogens is 1. The van der Waals surface area contributed by atoms with E-state index in [9.17, 15) is 4.79 Å². The molecule has 1 aromatic rings. The smallest absolute Gasteiger partial charge is 0.407 e. The van der Waals surface area contributed by atoms with Gasteiger partial charge in [0.2, 0.25) is 0 Å². The molecule has 1 amide bonds. The van der Waals surface area contributed by atoms with E-state index in [1.165, 1.54) is 4.90 Å². The number of nitrogens with two attached hydrogens (primary N) is 1. The number of hydrogen-bond acceptors (Lipinski definition) is 4. The largest absolute Gasteiger partial charge is 0.465 e. The summed E-state index contributed by atoms with van der Waals surface area (Å²) < 4.78 is 0. The van der Waals surface area contributed by atoms with Gasteiger partial charge in [-0.2, -0.15) is 5.26 Å². The molecule has 0 aromatic carbocycles. The number of anilines is 1. The van der Waals surface area contributed by atoms with Crippen LogP contribution in [-0.4, -0.2) is 34.2 Å². The van der Waals surface area contributed by atoms with Gasteiger partial charge in [0, 0.05) is 19.3 Å². The van der Waals surface area contributed by atoms with Crippen molar-refractivity contribution in [1.29, 1.82) is 5.26 Å². The zero-order valence-corrected chi connectivity index (χ0v) is 9.63. The lowest BCUT2D eigenvalue weighted by molar-refractivity contribution is 0.150. The monoisotopic (exact) mass is 244 g/mol. The number of rotatable bonds is 1. The highest BCUT2D eigenvalue weighted by Crippen LogP contribution is 2.23. The van der Waals surface area contributed by atoms with Gasteiger partial charge in [-0.3, -0.25) is 0 Å². The normalized spacial score (nSPS) is 14.8. The third-order valence-electron chi connectivity index (χ3n) is 2.89. The predicted molar refractivity (Wildman–Crippen MR) is 65.6 cm³/mol. The molecule has 0 saturated carbocycles. The maximum absolute atomic E-state index is 10.8. The summed E-state index contributed by atoms with van der Waals surface area (Å²) in [6.45, 7) is 0.810. The summed E-state index contributed by atoms with van der Waals surface area (Å²) in [7, 11) is 0. The number of nitriles is 1. The molecule has 0 aliphatic carbocycles. The maximum atomic E-state index is 10.8. The van der Waals surface area contributed by atoms with E-state index < -0.39 is 6.09 Å². The Morgan fingerprint density at radius 3 is 2.94 bits per heavy atom. The Balaban J connectivity index is 2.24. The molecule has 92 valence electrons. The molecule has 1 aromatic heterocycles. The topological polar surface area (TPSA) is 103 Å². The van der Waals surface area contributed by atoms with E-state index >= 15 is 0 Å². The predicted octanol–water partition coefficient (Wildman–Crippen LogP) is 1.30. The second-order valence-corrected chi connectivity index (χ2v) is 3.98. The fourth-order valence-electron chi connectivity index (χ4n) is 1.85. The van der Waals surface area contributed by atoms with Crippen LogP contribution in [0.2, 0.25) is 0 Å². The van der Waals surface area contributed by atoms with Crippen molar-refractivity contribution in [2.75, 3.05) is 18.8 Å². The van der Waals surface area contributed by atoms with Gasteiger partial charge in [0.05, 0.1) is 5.56 Å². The van der Waals surface area contributed by atoms with Crippen molar-refractivity contribution in [3.63, 3.8) is 0 Å². The minimum Gasteiger partial charge on any atom is -0.465 e. The van der Waals surface area contributed by atoms with E-state index in [-0.39, 0.29) is 5.82 Å². The molecule has 0 spiro atoms. The highest BCUT2D eigenvalue weighted by atomic mass is 16.4. The van der Waals surface area contributed by atoms with Gasteiger partial charge in [-0.25, -0.2) is 9.78 Å². The van der Waals surface area contributed by atoms with Crippen molar-refractivity contribution < 1.29 is 9.90 Å². The van der Waals surface area contributed by atoms with E-state index in [4.69, 9.17) is 16.1 Å². The molecular weight excluding hydrogens is 232 g/mol. The Labute approximate surface area is 104 Å². The summed E-state index contributed by atoms with van der Waals surface area (Å²) in [6, 6.07) is 3.67. The van der Waals surface area contributed by atoms with E-state index in [0.29, 0.717) is 25.1 Å². The third-order valence-corrected chi connectivity index (χ3v) is 2.89. The molecule has 0 atom stereocenters. The number of pyridine rings is 1. The van der Waals surface area contributed by atoms with Gasteiger partial charge >= 0.3 is 6.09 Å². The van der Waals surface area contributed by atoms with Crippen LogP contribution in [0.3, 0.4) is 0 Å². The molecule has 18 heavy (non-hydrogen) atoms. The number of nitrogen functional groups attached to an aromatic ring is 1. The molecule has 0 radical (unpaired) electrons. The molecule has 6 heteroatoms. The fraction of sp³-hybridized carbons (Fsp3) is 0.250. The van der Waals surface area contributed by atoms with Gasteiger partial charge < -0.3 is 15.7 Å². The lowest BCUT2D eigenvalue weighted by Crippen LogP contribution is -2.33. The zero-order chi connectivity index (χ0) is 13.1. The Bertz CT molecular complexity index is 560. The highest BCUT2D eigenvalue weighted by molar-refractivity contribution is 5.72. The Kier molecular flexibility index (Phi) is 3.15. The van der Waals surface area contributed by atoms with Crippen LogP contribution >= 0.6 is 0 Å². The second-order valence-electron chi connectivity index (χ2n) is 3.98. The standard InChI is InChI=1S/C12H12N4O2/c13-6-9-5-10(7-15-11(9)14)8-1-3-16(4-2-8)12(17)18/h1,5,7H,2-4H2,(H2,14,15)(H,17,18).